The van der Waals surface area contributed by atoms with E-state index in [2.05, 4.69) is 0 Å². The van der Waals surface area contributed by atoms with E-state index in [1.165, 1.54) is 0 Å². The van der Waals surface area contributed by atoms with Gasteiger partial charge in [0.25, 0.3) is 0 Å². The molecule has 0 heterocycles. The molecule has 0 radical (unpaired) electrons. The summed E-state index contributed by atoms with van der Waals surface area (Å²) in [5.41, 5.74) is 1.78. The number of hydrogen-bond acceptors (Lipinski definition) is 2. The van der Waals surface area contributed by atoms with Gasteiger partial charge in [-0.2, -0.15) is 0 Å². The summed E-state index contributed by atoms with van der Waals surface area (Å²) in [6, 6.07) is 3.62. The molecule has 0 aromatic heterocycles. The molecular weight excluding hydrogens is 272 g/mol. The summed E-state index contributed by atoms with van der Waals surface area (Å²) in [7, 11) is 0. The number of rotatable bonds is 3. The molecule has 0 aliphatic heterocycles. The van der Waals surface area contributed by atoms with Gasteiger partial charge in [-0.25, -0.2) is 0 Å². The van der Waals surface area contributed by atoms with Crippen molar-refractivity contribution in [1.82, 2.24) is 0 Å². The van der Waals surface area contributed by atoms with Crippen LogP contribution in [0.1, 0.15) is 70.0 Å². The highest BCUT2D eigenvalue weighted by atomic mass is 16.3. The molecule has 0 aliphatic carbocycles. The van der Waals surface area contributed by atoms with Crippen molar-refractivity contribution < 1.29 is 9.90 Å². The van der Waals surface area contributed by atoms with Gasteiger partial charge in [0.2, 0.25) is 0 Å². The lowest BCUT2D eigenvalue weighted by molar-refractivity contribution is 0.104. The predicted octanol–water partition coefficient (Wildman–Crippen LogP) is 5.30. The van der Waals surface area contributed by atoms with Crippen LogP contribution < -0.4 is 0 Å². The van der Waals surface area contributed by atoms with Crippen LogP contribution in [0.4, 0.5) is 0 Å². The van der Waals surface area contributed by atoms with Crippen LogP contribution in [0, 0.1) is 0 Å². The molecule has 1 aromatic carbocycles. The quantitative estimate of drug-likeness (QED) is 0.467. The fourth-order valence-electron chi connectivity index (χ4n) is 2.27. The molecule has 0 saturated carbocycles. The van der Waals surface area contributed by atoms with Gasteiger partial charge in [0, 0.05) is 16.7 Å². The lowest BCUT2D eigenvalue weighted by Crippen LogP contribution is -2.18. The van der Waals surface area contributed by atoms with E-state index >= 15 is 0 Å². The zero-order chi connectivity index (χ0) is 17.1. The van der Waals surface area contributed by atoms with E-state index in [-0.39, 0.29) is 16.6 Å². The number of benzene rings is 1. The van der Waals surface area contributed by atoms with Gasteiger partial charge in [0.1, 0.15) is 5.75 Å². The van der Waals surface area contributed by atoms with Crippen LogP contribution in [0.3, 0.4) is 0 Å². The van der Waals surface area contributed by atoms with Gasteiger partial charge in [-0.3, -0.25) is 4.79 Å². The van der Waals surface area contributed by atoms with Crippen LogP contribution in [0.5, 0.6) is 5.75 Å². The fourth-order valence-corrected chi connectivity index (χ4v) is 2.27. The molecule has 0 bridgehead atoms. The molecular formula is C20H28O2. The molecule has 1 aromatic rings. The minimum absolute atomic E-state index is 0.0471. The molecule has 0 amide bonds. The Morgan fingerprint density at radius 2 is 1.41 bits per heavy atom. The summed E-state index contributed by atoms with van der Waals surface area (Å²) >= 11 is 0. The molecule has 0 unspecified atom stereocenters. The van der Waals surface area contributed by atoms with E-state index in [0.29, 0.717) is 11.3 Å². The summed E-state index contributed by atoms with van der Waals surface area (Å²) in [5, 5.41) is 10.6. The van der Waals surface area contributed by atoms with Gasteiger partial charge >= 0.3 is 0 Å². The van der Waals surface area contributed by atoms with Crippen molar-refractivity contribution in [2.75, 3.05) is 0 Å². The molecule has 1 rings (SSSR count). The lowest BCUT2D eigenvalue weighted by atomic mass is 9.78. The molecule has 0 atom stereocenters. The standard InChI is InChI=1S/C20H28O2/c1-8-9-10-11-17(21)14-12-15(19(2,3)4)18(22)16(13-14)20(5,6)7/h8-13,22H,1-7H3/b9-8+,11-10+. The van der Waals surface area contributed by atoms with Gasteiger partial charge in [-0.1, -0.05) is 59.8 Å². The van der Waals surface area contributed by atoms with E-state index in [1.807, 2.05) is 72.8 Å². The average Bonchev–Trinajstić information content (AvgIpc) is 2.36. The molecule has 0 aliphatic rings. The van der Waals surface area contributed by atoms with Crippen molar-refractivity contribution in [3.8, 4) is 5.75 Å². The van der Waals surface area contributed by atoms with E-state index in [0.717, 1.165) is 11.1 Å². The monoisotopic (exact) mass is 300 g/mol. The second kappa shape index (κ2) is 6.51. The molecule has 2 nitrogen and oxygen atoms in total. The zero-order valence-electron chi connectivity index (χ0n) is 14.8. The molecule has 22 heavy (non-hydrogen) atoms. The number of carbonyl (C=O) groups is 1. The fraction of sp³-hybridized carbons (Fsp3) is 0.450. The number of allylic oxidation sites excluding steroid dienone is 4. The maximum absolute atomic E-state index is 12.4. The summed E-state index contributed by atoms with van der Waals surface area (Å²) < 4.78 is 0. The van der Waals surface area contributed by atoms with Crippen LogP contribution >= 0.6 is 0 Å². The number of hydrogen-bond donors (Lipinski definition) is 1. The molecule has 0 spiro atoms. The first-order chi connectivity index (χ1) is 9.98. The van der Waals surface area contributed by atoms with Crippen LogP contribution in [0.25, 0.3) is 0 Å². The van der Waals surface area contributed by atoms with Gasteiger partial charge < -0.3 is 5.11 Å². The van der Waals surface area contributed by atoms with Crippen molar-refractivity contribution in [3.63, 3.8) is 0 Å². The van der Waals surface area contributed by atoms with Gasteiger partial charge in [-0.15, -0.1) is 0 Å². The van der Waals surface area contributed by atoms with Gasteiger partial charge in [0.05, 0.1) is 0 Å². The Balaban J connectivity index is 3.51. The van der Waals surface area contributed by atoms with E-state index in [9.17, 15) is 9.90 Å². The van der Waals surface area contributed by atoms with Crippen LogP contribution in [0.2, 0.25) is 0 Å². The second-order valence-corrected chi connectivity index (χ2v) is 7.67. The van der Waals surface area contributed by atoms with Crippen molar-refractivity contribution in [2.24, 2.45) is 0 Å². The van der Waals surface area contributed by atoms with Crippen LogP contribution in [-0.2, 0) is 10.8 Å². The third-order valence-corrected chi connectivity index (χ3v) is 3.56. The van der Waals surface area contributed by atoms with E-state index in [4.69, 9.17) is 0 Å². The predicted molar refractivity (Wildman–Crippen MR) is 93.8 cm³/mol. The third-order valence-electron chi connectivity index (χ3n) is 3.56. The summed E-state index contributed by atoms with van der Waals surface area (Å²) in [5.74, 6) is 0.253. The summed E-state index contributed by atoms with van der Waals surface area (Å²) in [6.45, 7) is 14.1. The summed E-state index contributed by atoms with van der Waals surface area (Å²) in [4.78, 5) is 12.4. The Morgan fingerprint density at radius 3 is 1.77 bits per heavy atom. The first-order valence-electron chi connectivity index (χ1n) is 7.70. The smallest absolute Gasteiger partial charge is 0.185 e. The highest BCUT2D eigenvalue weighted by Crippen LogP contribution is 2.39. The van der Waals surface area contributed by atoms with Crippen LogP contribution in [-0.4, -0.2) is 10.9 Å². The topological polar surface area (TPSA) is 37.3 Å². The Hall–Kier alpha value is -1.83. The molecule has 1 N–H and O–H groups in total. The maximum atomic E-state index is 12.4. The number of aromatic hydroxyl groups is 1. The van der Waals surface area contributed by atoms with Gasteiger partial charge in [0.15, 0.2) is 5.78 Å². The largest absolute Gasteiger partial charge is 0.507 e. The molecule has 2 heteroatoms. The van der Waals surface area contributed by atoms with E-state index in [1.54, 1.807) is 12.2 Å². The van der Waals surface area contributed by atoms with Crippen molar-refractivity contribution in [2.45, 2.75) is 59.3 Å². The van der Waals surface area contributed by atoms with Gasteiger partial charge in [-0.05, 0) is 36.0 Å². The maximum Gasteiger partial charge on any atom is 0.185 e. The minimum atomic E-state index is -0.229. The van der Waals surface area contributed by atoms with Crippen LogP contribution in [0.15, 0.2) is 36.4 Å². The van der Waals surface area contributed by atoms with E-state index < -0.39 is 0 Å². The van der Waals surface area contributed by atoms with Crippen molar-refractivity contribution in [1.29, 1.82) is 0 Å². The number of phenolic OH excluding ortho intramolecular Hbond substituents is 1. The first kappa shape index (κ1) is 18.2. The highest BCUT2D eigenvalue weighted by molar-refractivity contribution is 6.05. The Bertz CT molecular complexity index is 571. The lowest BCUT2D eigenvalue weighted by Gasteiger charge is -2.27. The SMILES string of the molecule is C/C=C/C=C/C(=O)c1cc(C(C)(C)C)c(O)c(C(C)(C)C)c1. The third kappa shape index (κ3) is 4.33. The second-order valence-electron chi connectivity index (χ2n) is 7.67. The molecule has 0 fully saturated rings. The normalized spacial score (nSPS) is 13.2. The molecule has 0 saturated heterocycles. The zero-order valence-corrected chi connectivity index (χ0v) is 14.8. The number of phenols is 1. The number of ketones is 1. The minimum Gasteiger partial charge on any atom is -0.507 e. The first-order valence-corrected chi connectivity index (χ1v) is 7.70. The Kier molecular flexibility index (Phi) is 5.39. The van der Waals surface area contributed by atoms with Crippen molar-refractivity contribution in [3.05, 3.63) is 53.1 Å². The molecule has 120 valence electrons. The summed E-state index contributed by atoms with van der Waals surface area (Å²) in [6.07, 6.45) is 7.00. The Labute approximate surface area is 134 Å². The number of carbonyl (C=O) groups excluding carboxylic acids is 1. The highest BCUT2D eigenvalue weighted by Gasteiger charge is 2.27. The average molecular weight is 300 g/mol. The van der Waals surface area contributed by atoms with Crippen molar-refractivity contribution >= 4 is 5.78 Å². The Morgan fingerprint density at radius 1 is 0.955 bits per heavy atom.